The molecule has 13 aliphatic rings. The zero-order valence-corrected chi connectivity index (χ0v) is 73.8. The van der Waals surface area contributed by atoms with Crippen molar-refractivity contribution in [3.8, 4) is 0 Å². The number of esters is 1. The number of hydrogen-bond donors (Lipinski definition) is 23. The lowest BCUT2D eigenvalue weighted by molar-refractivity contribution is -0.391. The molecule has 3 unspecified atom stereocenters. The quantitative estimate of drug-likeness (QED) is 0.00938. The van der Waals surface area contributed by atoms with Crippen molar-refractivity contribution in [2.45, 2.75) is 397 Å². The number of amides is 1. The summed E-state index contributed by atoms with van der Waals surface area (Å²) < 4.78 is 95.9. The Morgan fingerprint density at radius 3 is 1.71 bits per heavy atom. The summed E-state index contributed by atoms with van der Waals surface area (Å²) >= 11 is 0. The lowest BCUT2D eigenvalue weighted by atomic mass is 9.33. The van der Waals surface area contributed by atoms with Crippen molar-refractivity contribution in [1.82, 2.24) is 5.32 Å². The van der Waals surface area contributed by atoms with Crippen molar-refractivity contribution in [3.63, 3.8) is 0 Å². The average Bonchev–Trinajstić information content (AvgIpc) is 1.15. The first-order valence-corrected chi connectivity index (χ1v) is 45.6. The normalized spacial score (nSPS) is 49.8. The lowest BCUT2D eigenvalue weighted by Gasteiger charge is -2.71. The van der Waals surface area contributed by atoms with Gasteiger partial charge in [0.25, 0.3) is 0 Å². The van der Waals surface area contributed by atoms with Crippen molar-refractivity contribution in [1.29, 1.82) is 0 Å². The fraction of sp³-hybridized carbons (Fsp3) is 0.930. The summed E-state index contributed by atoms with van der Waals surface area (Å²) in [6.07, 6.45) is -49.5. The van der Waals surface area contributed by atoms with Gasteiger partial charge in [0.1, 0.15) is 152 Å². The SMILES string of the molecule is C[C@@H]1O[C@@H](O[C@H]2[C@H](OC(=O)[C@]34CCC(C)(C)CC3C3=CCC5[C@@]6(C)CC[C@H](O[C@@H]7O[C@H](C(=O)O)[C@@H](O)[C@H](O[C@@H]8OC[C@@H](O)[C@H](O)[C@H]8O)[C@H]7O[C@H]7O[C@H](CO)[C@H](O)[C@H](O)[C@H]7O)[C@@](C)(C=O)C6CC[C@@]5(C)[C@]3(C)C[C@H]4O)O[C@H](CO)[C@H](NC(=O)CCCCCCCCCCCO[C@@H]3O[C@@H](CO)[C@H](O)[C@H]3O)[C@@H]2O)[C@H](O)[C@H](O)[C@H]1O[C@H]1OC[C@@H](O)[C@H](O[C@H]2OC[C@](O)(CO)[C@H]2O)[C@H]1O. The fourth-order valence-electron chi connectivity index (χ4n) is 23.3. The highest BCUT2D eigenvalue weighted by Gasteiger charge is 2.74. The molecule has 4 saturated carbocycles. The molecular formula is C86H139NO42. The molecule has 13 rings (SSSR count). The number of allylic oxidation sites excluding steroid dienone is 2. The van der Waals surface area contributed by atoms with Crippen molar-refractivity contribution < 1.29 is 207 Å². The van der Waals surface area contributed by atoms with Crippen LogP contribution in [0.3, 0.4) is 0 Å². The first-order valence-electron chi connectivity index (χ1n) is 45.6. The van der Waals surface area contributed by atoms with E-state index in [0.717, 1.165) is 50.4 Å². The molecule has 0 aromatic rings. The molecule has 43 nitrogen and oxygen atoms in total. The van der Waals surface area contributed by atoms with Gasteiger partial charge in [-0.3, -0.25) is 9.59 Å². The summed E-state index contributed by atoms with van der Waals surface area (Å²) in [5.41, 5.74) is -7.43. The van der Waals surface area contributed by atoms with E-state index in [1.165, 1.54) is 6.92 Å². The number of hydrogen-bond acceptors (Lipinski definition) is 41. The maximum absolute atomic E-state index is 16.3. The van der Waals surface area contributed by atoms with Gasteiger partial charge in [-0.2, -0.15) is 0 Å². The van der Waals surface area contributed by atoms with E-state index in [2.05, 4.69) is 32.2 Å². The van der Waals surface area contributed by atoms with E-state index in [9.17, 15) is 127 Å². The number of carboxylic acid groups (broad SMARTS) is 1. The fourth-order valence-corrected chi connectivity index (χ4v) is 23.3. The van der Waals surface area contributed by atoms with E-state index in [1.807, 2.05) is 13.8 Å². The first kappa shape index (κ1) is 103. The van der Waals surface area contributed by atoms with Crippen LogP contribution in [0, 0.1) is 50.2 Å². The molecular weight excluding hydrogens is 1720 g/mol. The number of carbonyl (C=O) groups excluding carboxylic acids is 3. The molecule has 740 valence electrons. The number of carboxylic acids is 1. The third-order valence-corrected chi connectivity index (χ3v) is 31.3. The Kier molecular flexibility index (Phi) is 33.1. The molecule has 43 heteroatoms. The minimum atomic E-state index is -2.25. The third kappa shape index (κ3) is 19.8. The van der Waals surface area contributed by atoms with Crippen LogP contribution in [0.1, 0.15) is 170 Å². The number of aliphatic carboxylic acids is 1. The molecule has 0 radical (unpaired) electrons. The van der Waals surface area contributed by atoms with Gasteiger partial charge in [-0.25, -0.2) is 4.79 Å². The van der Waals surface area contributed by atoms with Crippen LogP contribution >= 0.6 is 0 Å². The van der Waals surface area contributed by atoms with Gasteiger partial charge >= 0.3 is 11.9 Å². The molecule has 12 fully saturated rings. The zero-order chi connectivity index (χ0) is 93.9. The number of nitrogens with one attached hydrogen (secondary N) is 1. The second-order valence-electron chi connectivity index (χ2n) is 39.9. The molecule has 0 aromatic carbocycles. The summed E-state index contributed by atoms with van der Waals surface area (Å²) in [6, 6.07) is -1.52. The zero-order valence-electron chi connectivity index (χ0n) is 73.8. The molecule has 0 spiro atoms. The topological polar surface area (TPSA) is 673 Å². The Labute approximate surface area is 745 Å². The van der Waals surface area contributed by atoms with Gasteiger partial charge in [0, 0.05) is 13.0 Å². The van der Waals surface area contributed by atoms with E-state index in [-0.39, 0.29) is 38.2 Å². The van der Waals surface area contributed by atoms with Crippen LogP contribution in [0.25, 0.3) is 0 Å². The summed E-state index contributed by atoms with van der Waals surface area (Å²) in [5.74, 6) is -4.90. The highest BCUT2D eigenvalue weighted by atomic mass is 16.8. The number of carbonyl (C=O) groups is 4. The van der Waals surface area contributed by atoms with Crippen molar-refractivity contribution in [2.75, 3.05) is 52.9 Å². The predicted octanol–water partition coefficient (Wildman–Crippen LogP) is -5.89. The second kappa shape index (κ2) is 41.6. The summed E-state index contributed by atoms with van der Waals surface area (Å²) in [7, 11) is 0. The van der Waals surface area contributed by atoms with Crippen LogP contribution in [0.5, 0.6) is 0 Å². The van der Waals surface area contributed by atoms with E-state index in [0.29, 0.717) is 57.8 Å². The average molecular weight is 1860 g/mol. The number of aliphatic hydroxyl groups is 21. The number of ether oxygens (including phenoxy) is 16. The molecule has 45 atom stereocenters. The second-order valence-corrected chi connectivity index (χ2v) is 39.9. The summed E-state index contributed by atoms with van der Waals surface area (Å²) in [6.45, 7) is 8.86. The van der Waals surface area contributed by atoms with E-state index in [4.69, 9.17) is 75.8 Å². The summed E-state index contributed by atoms with van der Waals surface area (Å²) in [5, 5.41) is 245. The molecule has 129 heavy (non-hydrogen) atoms. The van der Waals surface area contributed by atoms with Gasteiger partial charge < -0.3 is 198 Å². The van der Waals surface area contributed by atoms with Crippen LogP contribution in [0.4, 0.5) is 0 Å². The predicted molar refractivity (Wildman–Crippen MR) is 429 cm³/mol. The molecule has 0 bridgehead atoms. The number of aliphatic hydroxyl groups excluding tert-OH is 20. The van der Waals surface area contributed by atoms with E-state index in [1.54, 1.807) is 6.92 Å². The Balaban J connectivity index is 0.726. The minimum Gasteiger partial charge on any atom is -0.479 e. The van der Waals surface area contributed by atoms with Crippen molar-refractivity contribution >= 4 is 24.1 Å². The van der Waals surface area contributed by atoms with E-state index >= 15 is 4.79 Å². The Hall–Kier alpha value is -3.62. The Morgan fingerprint density at radius 1 is 0.504 bits per heavy atom. The largest absolute Gasteiger partial charge is 0.479 e. The molecule has 8 saturated heterocycles. The highest BCUT2D eigenvalue weighted by Crippen LogP contribution is 2.76. The van der Waals surface area contributed by atoms with Gasteiger partial charge in [-0.15, -0.1) is 0 Å². The van der Waals surface area contributed by atoms with Crippen LogP contribution < -0.4 is 5.32 Å². The minimum absolute atomic E-state index is 0.0253. The molecule has 8 aliphatic heterocycles. The number of aldehydes is 1. The standard InChI is InChI=1S/C86H139NO42/c1-37-63(123-73-62(108)64(41(94)33-116-73)124-78-69(109)85(113,35-92)36-117-78)56(102)60(106)74(118-37)127-67-54(100)50(87-49(96)17-15-13-11-9-8-10-12-14-16-26-114-71-58(104)53(99)44(31-90)120-71)42(29-88)119-76(67)129-79(112)86-25-24-80(2,3)27-39(86)38-18-19-46-81(4)22-21-48(82(5,34-91)45(81)20-23-83(46,6)84(38,7)28-47(86)95)122-77-68(128-75-59(105)55(101)52(98)43(30-89)121-75)65(61(107)66(126-77)70(110)111)125-72-57(103)51(97)40(93)32-115-72/h18,34,37,39-48,50-69,71-78,88-90,92-95,97-109,113H,8-17,19-33,35-36H2,1-7H3,(H,87,96)(H,110,111)/t37-,39?,40+,41+,42+,43+,44-,45?,46?,47+,48-,50-,51-,52-,53-,54-,55-,56-,57+,58+,59+,60+,61-,62+,63-,64-,65-,66-,67+,68+,69-,71+,72-,73+,74-,75+,76-,77+,78+,81-,82-,83+,84+,85+,86+/m0/s1. The highest BCUT2D eigenvalue weighted by molar-refractivity contribution is 5.80. The Morgan fingerprint density at radius 2 is 1.07 bits per heavy atom. The monoisotopic (exact) mass is 1860 g/mol. The van der Waals surface area contributed by atoms with Crippen LogP contribution in [-0.2, 0) is 95.0 Å². The van der Waals surface area contributed by atoms with Gasteiger partial charge in [0.2, 0.25) is 12.2 Å². The Bertz CT molecular complexity index is 3750. The van der Waals surface area contributed by atoms with Crippen LogP contribution in [0.15, 0.2) is 11.6 Å². The van der Waals surface area contributed by atoms with Crippen LogP contribution in [0.2, 0.25) is 0 Å². The molecule has 0 aromatic heterocycles. The number of unbranched alkanes of at least 4 members (excludes halogenated alkanes) is 8. The molecule has 23 N–H and O–H groups in total. The molecule has 5 aliphatic carbocycles. The maximum atomic E-state index is 16.3. The molecule has 8 heterocycles. The first-order chi connectivity index (χ1) is 61.0. The van der Waals surface area contributed by atoms with Gasteiger partial charge in [0.15, 0.2) is 56.2 Å². The number of fused-ring (bicyclic) bond motifs is 7. The third-order valence-electron chi connectivity index (χ3n) is 31.3. The smallest absolute Gasteiger partial charge is 0.335 e. The summed E-state index contributed by atoms with van der Waals surface area (Å²) in [4.78, 5) is 57.9. The number of rotatable bonds is 34. The lowest BCUT2D eigenvalue weighted by Crippen LogP contribution is -2.70. The van der Waals surface area contributed by atoms with Crippen molar-refractivity contribution in [3.05, 3.63) is 11.6 Å². The van der Waals surface area contributed by atoms with E-state index < -0.39 is 335 Å². The maximum Gasteiger partial charge on any atom is 0.335 e. The van der Waals surface area contributed by atoms with Crippen LogP contribution in [-0.4, -0.2) is 416 Å². The van der Waals surface area contributed by atoms with Gasteiger partial charge in [-0.05, 0) is 117 Å². The van der Waals surface area contributed by atoms with Gasteiger partial charge in [-0.1, -0.05) is 98.1 Å². The molecule has 1 amide bonds. The van der Waals surface area contributed by atoms with Crippen molar-refractivity contribution in [2.24, 2.45) is 50.2 Å². The van der Waals surface area contributed by atoms with Gasteiger partial charge in [0.05, 0.1) is 76.0 Å².